The van der Waals surface area contributed by atoms with Crippen LogP contribution in [0, 0.1) is 0 Å². The Morgan fingerprint density at radius 2 is 0.778 bits per heavy atom. The highest BCUT2D eigenvalue weighted by Crippen LogP contribution is 2.41. The van der Waals surface area contributed by atoms with E-state index in [0.29, 0.717) is 5.95 Å². The molecule has 0 N–H and O–H groups in total. The topological polar surface area (TPSA) is 35.6 Å². The average Bonchev–Trinajstić information content (AvgIpc) is 3.74. The van der Waals surface area contributed by atoms with Gasteiger partial charge in [-0.2, -0.15) is 0 Å². The second-order valence-electron chi connectivity index (χ2n) is 14.2. The van der Waals surface area contributed by atoms with Gasteiger partial charge in [0.1, 0.15) is 0 Å². The molecule has 3 heterocycles. The van der Waals surface area contributed by atoms with E-state index >= 15 is 0 Å². The Morgan fingerprint density at radius 3 is 1.43 bits per heavy atom. The van der Waals surface area contributed by atoms with Gasteiger partial charge in [0.05, 0.1) is 33.3 Å². The number of para-hydroxylation sites is 4. The van der Waals surface area contributed by atoms with Crippen LogP contribution in [-0.4, -0.2) is 19.1 Å². The van der Waals surface area contributed by atoms with Crippen molar-refractivity contribution >= 4 is 86.8 Å². The quantitative estimate of drug-likeness (QED) is 0.173. The molecule has 12 rings (SSSR count). The van der Waals surface area contributed by atoms with E-state index < -0.39 is 0 Å². The van der Waals surface area contributed by atoms with Crippen LogP contribution >= 0.6 is 0 Å². The molecule has 4 heteroatoms. The molecule has 54 heavy (non-hydrogen) atoms. The molecule has 0 aliphatic carbocycles. The molecule has 12 aromatic rings. The zero-order chi connectivity index (χ0) is 35.3. The molecule has 250 valence electrons. The number of hydrogen-bond acceptors (Lipinski definition) is 2. The van der Waals surface area contributed by atoms with Gasteiger partial charge in [-0.15, -0.1) is 0 Å². The maximum Gasteiger partial charge on any atom is 0.235 e. The van der Waals surface area contributed by atoms with E-state index in [2.05, 4.69) is 191 Å². The van der Waals surface area contributed by atoms with E-state index in [1.165, 1.54) is 64.9 Å². The number of fused-ring (bicyclic) bond motifs is 13. The summed E-state index contributed by atoms with van der Waals surface area (Å²) in [5.74, 6) is 0.657. The molecule has 0 bridgehead atoms. The van der Waals surface area contributed by atoms with Crippen LogP contribution in [0.1, 0.15) is 0 Å². The first-order chi connectivity index (χ1) is 26.8. The third-order valence-corrected chi connectivity index (χ3v) is 11.3. The lowest BCUT2D eigenvalue weighted by Crippen LogP contribution is -2.03. The van der Waals surface area contributed by atoms with E-state index in [1.54, 1.807) is 0 Å². The summed E-state index contributed by atoms with van der Waals surface area (Å²) in [5, 5.41) is 13.3. The van der Waals surface area contributed by atoms with Crippen molar-refractivity contribution in [1.29, 1.82) is 0 Å². The largest absolute Gasteiger partial charge is 0.309 e. The minimum absolute atomic E-state index is 0.657. The van der Waals surface area contributed by atoms with Gasteiger partial charge in [0.25, 0.3) is 0 Å². The molecular formula is C50H30N4. The molecule has 0 amide bonds. The fourth-order valence-electron chi connectivity index (χ4n) is 8.94. The zero-order valence-electron chi connectivity index (χ0n) is 29.1. The summed E-state index contributed by atoms with van der Waals surface area (Å²) in [7, 11) is 0. The Bertz CT molecular complexity index is 3460. The SMILES string of the molecule is c1ccc(-n2c3ccccc3c3cc4c(cc32)c2ccccc2n4-c2nc(-c3ccc4c5ccccc5c5ccccc5c4c3)c3ccccc3n2)cc1. The van der Waals surface area contributed by atoms with Crippen molar-refractivity contribution in [2.75, 3.05) is 0 Å². The lowest BCUT2D eigenvalue weighted by Gasteiger charge is -2.14. The third-order valence-electron chi connectivity index (χ3n) is 11.3. The van der Waals surface area contributed by atoms with Gasteiger partial charge in [0, 0.05) is 38.2 Å². The summed E-state index contributed by atoms with van der Waals surface area (Å²) < 4.78 is 4.64. The Morgan fingerprint density at radius 1 is 0.296 bits per heavy atom. The van der Waals surface area contributed by atoms with Crippen LogP contribution < -0.4 is 0 Å². The predicted octanol–water partition coefficient (Wildman–Crippen LogP) is 13.0. The number of hydrogen-bond donors (Lipinski definition) is 0. The maximum absolute atomic E-state index is 5.50. The van der Waals surface area contributed by atoms with Gasteiger partial charge in [-0.25, -0.2) is 9.97 Å². The van der Waals surface area contributed by atoms with E-state index in [4.69, 9.17) is 9.97 Å². The Labute approximate surface area is 309 Å². The van der Waals surface area contributed by atoms with E-state index in [0.717, 1.165) is 38.9 Å². The first-order valence-electron chi connectivity index (χ1n) is 18.4. The molecule has 0 radical (unpaired) electrons. The minimum Gasteiger partial charge on any atom is -0.309 e. The second-order valence-corrected chi connectivity index (χ2v) is 14.2. The van der Waals surface area contributed by atoms with Gasteiger partial charge in [0.2, 0.25) is 5.95 Å². The van der Waals surface area contributed by atoms with Gasteiger partial charge < -0.3 is 4.57 Å². The summed E-state index contributed by atoms with van der Waals surface area (Å²) in [6.45, 7) is 0. The zero-order valence-corrected chi connectivity index (χ0v) is 29.1. The molecule has 3 aromatic heterocycles. The van der Waals surface area contributed by atoms with Gasteiger partial charge in [-0.05, 0) is 80.8 Å². The van der Waals surface area contributed by atoms with Crippen LogP contribution in [0.3, 0.4) is 0 Å². The Kier molecular flexibility index (Phi) is 6.02. The number of benzene rings is 9. The molecule has 0 aliphatic heterocycles. The highest BCUT2D eigenvalue weighted by Gasteiger charge is 2.21. The molecule has 0 saturated heterocycles. The molecule has 0 atom stereocenters. The van der Waals surface area contributed by atoms with Crippen LogP contribution in [0.4, 0.5) is 0 Å². The Hall–Kier alpha value is -7.30. The van der Waals surface area contributed by atoms with Gasteiger partial charge in [0.15, 0.2) is 0 Å². The van der Waals surface area contributed by atoms with E-state index in [9.17, 15) is 0 Å². The number of nitrogens with zero attached hydrogens (tertiary/aromatic N) is 4. The number of aromatic nitrogens is 4. The molecule has 9 aromatic carbocycles. The predicted molar refractivity (Wildman–Crippen MR) is 226 cm³/mol. The number of rotatable bonds is 3. The molecular weight excluding hydrogens is 657 g/mol. The first kappa shape index (κ1) is 29.3. The highest BCUT2D eigenvalue weighted by atomic mass is 15.2. The molecule has 0 saturated carbocycles. The Balaban J connectivity index is 1.16. The summed E-state index contributed by atoms with van der Waals surface area (Å²) in [6.07, 6.45) is 0. The average molecular weight is 687 g/mol. The lowest BCUT2D eigenvalue weighted by molar-refractivity contribution is 1.01. The minimum atomic E-state index is 0.657. The second kappa shape index (κ2) is 11.1. The molecule has 0 unspecified atom stereocenters. The van der Waals surface area contributed by atoms with Crippen molar-refractivity contribution in [3.8, 4) is 22.9 Å². The van der Waals surface area contributed by atoms with Crippen LogP contribution in [0.2, 0.25) is 0 Å². The summed E-state index contributed by atoms with van der Waals surface area (Å²) >= 11 is 0. The van der Waals surface area contributed by atoms with Crippen molar-refractivity contribution in [2.45, 2.75) is 0 Å². The molecule has 0 fully saturated rings. The monoisotopic (exact) mass is 686 g/mol. The van der Waals surface area contributed by atoms with Crippen molar-refractivity contribution in [1.82, 2.24) is 19.1 Å². The molecule has 4 nitrogen and oxygen atoms in total. The van der Waals surface area contributed by atoms with Crippen LogP contribution in [0.25, 0.3) is 110 Å². The fourth-order valence-corrected chi connectivity index (χ4v) is 8.94. The van der Waals surface area contributed by atoms with Crippen molar-refractivity contribution in [2.24, 2.45) is 0 Å². The van der Waals surface area contributed by atoms with E-state index in [1.807, 2.05) is 0 Å². The van der Waals surface area contributed by atoms with Gasteiger partial charge >= 0.3 is 0 Å². The van der Waals surface area contributed by atoms with E-state index in [-0.39, 0.29) is 0 Å². The summed E-state index contributed by atoms with van der Waals surface area (Å²) in [5.41, 5.74) is 8.56. The first-order valence-corrected chi connectivity index (χ1v) is 18.4. The van der Waals surface area contributed by atoms with Crippen molar-refractivity contribution in [3.05, 3.63) is 182 Å². The van der Waals surface area contributed by atoms with Crippen molar-refractivity contribution in [3.63, 3.8) is 0 Å². The summed E-state index contributed by atoms with van der Waals surface area (Å²) in [6, 6.07) is 65.4. The van der Waals surface area contributed by atoms with Crippen molar-refractivity contribution < 1.29 is 0 Å². The van der Waals surface area contributed by atoms with Crippen LogP contribution in [0.15, 0.2) is 182 Å². The third kappa shape index (κ3) is 4.08. The fraction of sp³-hybridized carbons (Fsp3) is 0. The lowest BCUT2D eigenvalue weighted by atomic mass is 9.92. The van der Waals surface area contributed by atoms with Crippen LogP contribution in [-0.2, 0) is 0 Å². The maximum atomic E-state index is 5.50. The van der Waals surface area contributed by atoms with Gasteiger partial charge in [-0.3, -0.25) is 4.57 Å². The summed E-state index contributed by atoms with van der Waals surface area (Å²) in [4.78, 5) is 10.8. The standard InChI is InChI=1S/C50H30N4/c1-2-14-32(15-3-1)53-45-24-12-9-20-38(45)42-30-48-43(29-47(42)53)39-21-10-13-25-46(39)54(48)50-51-44-23-11-8-22-40(44)49(52-50)31-26-27-37-35-18-5-4-16-33(35)34-17-6-7-19-36(34)41(37)28-31/h1-30H. The molecule has 0 aliphatic rings. The normalized spacial score (nSPS) is 12.1. The van der Waals surface area contributed by atoms with Gasteiger partial charge in [-0.1, -0.05) is 133 Å². The highest BCUT2D eigenvalue weighted by molar-refractivity contribution is 6.26. The smallest absolute Gasteiger partial charge is 0.235 e. The molecule has 0 spiro atoms. The van der Waals surface area contributed by atoms with Crippen LogP contribution in [0.5, 0.6) is 0 Å².